The van der Waals surface area contributed by atoms with Crippen LogP contribution in [0.1, 0.15) is 29.8 Å². The number of carbonyl (C=O) groups excluding carboxylic acids is 1. The number of fused-ring (bicyclic) bond motifs is 1. The predicted molar refractivity (Wildman–Crippen MR) is 94.8 cm³/mol. The third-order valence-electron chi connectivity index (χ3n) is 3.32. The van der Waals surface area contributed by atoms with Crippen LogP contribution in [-0.2, 0) is 0 Å². The van der Waals surface area contributed by atoms with Crippen molar-refractivity contribution in [2.75, 3.05) is 6.79 Å². The van der Waals surface area contributed by atoms with Crippen LogP contribution >= 0.6 is 11.6 Å². The third kappa shape index (κ3) is 4.22. The Bertz CT molecular complexity index is 803. The van der Waals surface area contributed by atoms with Crippen molar-refractivity contribution in [2.24, 2.45) is 5.10 Å². The van der Waals surface area contributed by atoms with E-state index in [4.69, 9.17) is 25.8 Å². The molecule has 1 aliphatic heterocycles. The molecule has 1 aliphatic rings. The van der Waals surface area contributed by atoms with E-state index in [0.717, 1.165) is 0 Å². The Hall–Kier alpha value is -2.73. The molecule has 0 saturated heterocycles. The van der Waals surface area contributed by atoms with Crippen LogP contribution in [-0.4, -0.2) is 25.0 Å². The van der Waals surface area contributed by atoms with Crippen molar-refractivity contribution in [1.82, 2.24) is 5.43 Å². The molecule has 0 aromatic heterocycles. The lowest BCUT2D eigenvalue weighted by atomic mass is 10.2. The van der Waals surface area contributed by atoms with Crippen molar-refractivity contribution >= 4 is 23.7 Å². The standard InChI is InChI=1S/C18H17ClN2O4/c1-11(2)25-14-5-3-13(4-6-14)18(22)21-20-9-12-7-15(19)17-16(8-12)23-10-24-17/h3-9,11H,10H2,1-2H3,(H,21,22)/b20-9-. The number of amides is 1. The summed E-state index contributed by atoms with van der Waals surface area (Å²) in [5.74, 6) is 1.47. The van der Waals surface area contributed by atoms with Crippen molar-refractivity contribution in [1.29, 1.82) is 0 Å². The lowest BCUT2D eigenvalue weighted by Gasteiger charge is -2.09. The van der Waals surface area contributed by atoms with Crippen LogP contribution in [0.5, 0.6) is 17.2 Å². The van der Waals surface area contributed by atoms with Gasteiger partial charge in [-0.05, 0) is 55.8 Å². The normalized spacial score (nSPS) is 12.6. The van der Waals surface area contributed by atoms with E-state index < -0.39 is 0 Å². The fourth-order valence-electron chi connectivity index (χ4n) is 2.25. The molecule has 2 aromatic carbocycles. The van der Waals surface area contributed by atoms with Gasteiger partial charge in [0.2, 0.25) is 6.79 Å². The fraction of sp³-hybridized carbons (Fsp3) is 0.222. The highest BCUT2D eigenvalue weighted by Gasteiger charge is 2.17. The zero-order chi connectivity index (χ0) is 17.8. The quantitative estimate of drug-likeness (QED) is 0.653. The lowest BCUT2D eigenvalue weighted by Crippen LogP contribution is -2.17. The monoisotopic (exact) mass is 360 g/mol. The molecule has 0 aliphatic carbocycles. The first-order chi connectivity index (χ1) is 12.0. The number of benzene rings is 2. The predicted octanol–water partition coefficient (Wildman–Crippen LogP) is 3.62. The van der Waals surface area contributed by atoms with Gasteiger partial charge in [-0.3, -0.25) is 4.79 Å². The summed E-state index contributed by atoms with van der Waals surface area (Å²) < 4.78 is 16.1. The van der Waals surface area contributed by atoms with Gasteiger partial charge in [0.1, 0.15) is 5.75 Å². The number of carbonyl (C=O) groups is 1. The summed E-state index contributed by atoms with van der Waals surface area (Å²) in [6.07, 6.45) is 1.57. The summed E-state index contributed by atoms with van der Waals surface area (Å²) >= 11 is 6.10. The summed E-state index contributed by atoms with van der Waals surface area (Å²) in [5, 5.41) is 4.38. The van der Waals surface area contributed by atoms with Crippen LogP contribution in [0.15, 0.2) is 41.5 Å². The SMILES string of the molecule is CC(C)Oc1ccc(C(=O)N/N=C\c2cc(Cl)c3c(c2)OCO3)cc1. The first-order valence-corrected chi connectivity index (χ1v) is 8.10. The largest absolute Gasteiger partial charge is 0.491 e. The highest BCUT2D eigenvalue weighted by molar-refractivity contribution is 6.32. The van der Waals surface area contributed by atoms with Gasteiger partial charge in [0, 0.05) is 5.56 Å². The van der Waals surface area contributed by atoms with Crippen molar-refractivity contribution in [3.05, 3.63) is 52.5 Å². The Labute approximate surface area is 150 Å². The average Bonchev–Trinajstić information content (AvgIpc) is 3.04. The summed E-state index contributed by atoms with van der Waals surface area (Å²) in [6, 6.07) is 10.3. The molecule has 3 rings (SSSR count). The molecule has 0 atom stereocenters. The maximum atomic E-state index is 12.1. The van der Waals surface area contributed by atoms with E-state index >= 15 is 0 Å². The second-order valence-corrected chi connectivity index (χ2v) is 6.03. The number of hydrogen-bond donors (Lipinski definition) is 1. The fourth-order valence-corrected chi connectivity index (χ4v) is 2.52. The van der Waals surface area contributed by atoms with Gasteiger partial charge < -0.3 is 14.2 Å². The second-order valence-electron chi connectivity index (χ2n) is 5.63. The average molecular weight is 361 g/mol. The second kappa shape index (κ2) is 7.44. The van der Waals surface area contributed by atoms with Gasteiger partial charge in [-0.2, -0.15) is 5.10 Å². The van der Waals surface area contributed by atoms with E-state index in [1.807, 2.05) is 13.8 Å². The van der Waals surface area contributed by atoms with Gasteiger partial charge in [0.05, 0.1) is 17.3 Å². The van der Waals surface area contributed by atoms with Crippen LogP contribution < -0.4 is 19.6 Å². The first kappa shape index (κ1) is 17.1. The van der Waals surface area contributed by atoms with E-state index in [0.29, 0.717) is 33.4 Å². The van der Waals surface area contributed by atoms with Gasteiger partial charge in [-0.15, -0.1) is 0 Å². The van der Waals surface area contributed by atoms with Crippen molar-refractivity contribution in [2.45, 2.75) is 20.0 Å². The number of rotatable bonds is 5. The minimum absolute atomic E-state index is 0.0813. The Kier molecular flexibility index (Phi) is 5.09. The Morgan fingerprint density at radius 3 is 2.76 bits per heavy atom. The molecule has 7 heteroatoms. The van der Waals surface area contributed by atoms with E-state index in [9.17, 15) is 4.79 Å². The number of ether oxygens (including phenoxy) is 3. The van der Waals surface area contributed by atoms with Crippen LogP contribution in [0.3, 0.4) is 0 Å². The molecule has 0 radical (unpaired) electrons. The Morgan fingerprint density at radius 2 is 2.04 bits per heavy atom. The van der Waals surface area contributed by atoms with Gasteiger partial charge in [-0.25, -0.2) is 5.43 Å². The van der Waals surface area contributed by atoms with Gasteiger partial charge in [0.25, 0.3) is 5.91 Å². The number of halogens is 1. The summed E-state index contributed by atoms with van der Waals surface area (Å²) in [4.78, 5) is 12.1. The summed E-state index contributed by atoms with van der Waals surface area (Å²) in [6.45, 7) is 4.03. The molecule has 6 nitrogen and oxygen atoms in total. The molecule has 0 saturated carbocycles. The first-order valence-electron chi connectivity index (χ1n) is 7.72. The van der Waals surface area contributed by atoms with Crippen LogP contribution in [0, 0.1) is 0 Å². The molecule has 0 fully saturated rings. The summed E-state index contributed by atoms with van der Waals surface area (Å²) in [5.41, 5.74) is 3.64. The lowest BCUT2D eigenvalue weighted by molar-refractivity contribution is 0.0955. The van der Waals surface area contributed by atoms with Crippen molar-refractivity contribution in [3.8, 4) is 17.2 Å². The molecule has 2 aromatic rings. The molecule has 0 spiro atoms. The van der Waals surface area contributed by atoms with Crippen molar-refractivity contribution in [3.63, 3.8) is 0 Å². The molecule has 1 N–H and O–H groups in total. The number of nitrogens with zero attached hydrogens (tertiary/aromatic N) is 1. The van der Waals surface area contributed by atoms with Crippen molar-refractivity contribution < 1.29 is 19.0 Å². The molecule has 0 bridgehead atoms. The Morgan fingerprint density at radius 1 is 1.28 bits per heavy atom. The molecule has 130 valence electrons. The topological polar surface area (TPSA) is 69.2 Å². The smallest absolute Gasteiger partial charge is 0.271 e. The van der Waals surface area contributed by atoms with E-state index in [-0.39, 0.29) is 18.8 Å². The summed E-state index contributed by atoms with van der Waals surface area (Å²) in [7, 11) is 0. The molecular weight excluding hydrogens is 344 g/mol. The molecule has 1 amide bonds. The Balaban J connectivity index is 1.62. The third-order valence-corrected chi connectivity index (χ3v) is 3.60. The number of hydrogen-bond acceptors (Lipinski definition) is 5. The number of nitrogens with one attached hydrogen (secondary N) is 1. The van der Waals surface area contributed by atoms with E-state index in [1.54, 1.807) is 36.4 Å². The molecule has 1 heterocycles. The molecular formula is C18H17ClN2O4. The van der Waals surface area contributed by atoms with E-state index in [1.165, 1.54) is 6.21 Å². The zero-order valence-corrected chi connectivity index (χ0v) is 14.5. The maximum Gasteiger partial charge on any atom is 0.271 e. The molecule has 25 heavy (non-hydrogen) atoms. The van der Waals surface area contributed by atoms with Gasteiger partial charge in [0.15, 0.2) is 11.5 Å². The highest BCUT2D eigenvalue weighted by Crippen LogP contribution is 2.39. The number of hydrazone groups is 1. The van der Waals surface area contributed by atoms with Crippen LogP contribution in [0.2, 0.25) is 5.02 Å². The van der Waals surface area contributed by atoms with Gasteiger partial charge >= 0.3 is 0 Å². The van der Waals surface area contributed by atoms with Crippen LogP contribution in [0.25, 0.3) is 0 Å². The minimum atomic E-state index is -0.320. The maximum absolute atomic E-state index is 12.1. The minimum Gasteiger partial charge on any atom is -0.491 e. The molecule has 0 unspecified atom stereocenters. The zero-order valence-electron chi connectivity index (χ0n) is 13.8. The van der Waals surface area contributed by atoms with Crippen LogP contribution in [0.4, 0.5) is 0 Å². The highest BCUT2D eigenvalue weighted by atomic mass is 35.5. The van der Waals surface area contributed by atoms with Gasteiger partial charge in [-0.1, -0.05) is 11.6 Å². The van der Waals surface area contributed by atoms with E-state index in [2.05, 4.69) is 10.5 Å².